The maximum atomic E-state index is 13.0. The summed E-state index contributed by atoms with van der Waals surface area (Å²) < 4.78 is 18.7. The van der Waals surface area contributed by atoms with Crippen molar-refractivity contribution in [1.82, 2.24) is 14.9 Å². The van der Waals surface area contributed by atoms with E-state index in [9.17, 15) is 14.0 Å². The fraction of sp³-hybridized carbons (Fsp3) is 0.286. The highest BCUT2D eigenvalue weighted by Gasteiger charge is 2.23. The van der Waals surface area contributed by atoms with Crippen LogP contribution in [0.2, 0.25) is 5.02 Å². The number of hydrogen-bond donors (Lipinski definition) is 1. The van der Waals surface area contributed by atoms with E-state index in [1.165, 1.54) is 24.3 Å². The molecule has 0 aliphatic heterocycles. The second-order valence-electron chi connectivity index (χ2n) is 6.65. The maximum absolute atomic E-state index is 13.0. The van der Waals surface area contributed by atoms with Gasteiger partial charge in [-0.1, -0.05) is 18.5 Å². The monoisotopic (exact) mass is 417 g/mol. The molecule has 8 heteroatoms. The highest BCUT2D eigenvalue weighted by molar-refractivity contribution is 6.31. The van der Waals surface area contributed by atoms with Crippen LogP contribution in [0, 0.1) is 5.82 Å². The lowest BCUT2D eigenvalue weighted by Crippen LogP contribution is -2.41. The number of aromatic amines is 1. The Bertz CT molecular complexity index is 1070. The molecule has 1 N–H and O–H groups in total. The molecule has 0 spiro atoms. The third-order valence-electron chi connectivity index (χ3n) is 4.34. The van der Waals surface area contributed by atoms with E-state index in [1.807, 2.05) is 6.92 Å². The molecule has 3 aromatic rings. The Kier molecular flexibility index (Phi) is 6.49. The van der Waals surface area contributed by atoms with Gasteiger partial charge < -0.3 is 14.6 Å². The number of nitrogens with zero attached hydrogens (tertiary/aromatic N) is 2. The molecule has 0 aliphatic carbocycles. The number of carbonyl (C=O) groups is 1. The van der Waals surface area contributed by atoms with Crippen molar-refractivity contribution in [2.45, 2.75) is 32.9 Å². The van der Waals surface area contributed by atoms with Crippen molar-refractivity contribution in [2.75, 3.05) is 6.54 Å². The second-order valence-corrected chi connectivity index (χ2v) is 7.08. The molecule has 29 heavy (non-hydrogen) atoms. The average Bonchev–Trinajstić information content (AvgIpc) is 2.68. The number of aromatic nitrogens is 2. The summed E-state index contributed by atoms with van der Waals surface area (Å²) in [6, 6.07) is 10.3. The normalized spacial score (nSPS) is 12.0. The lowest BCUT2D eigenvalue weighted by Gasteiger charge is -2.25. The first kappa shape index (κ1) is 20.8. The Morgan fingerprint density at radius 2 is 2.00 bits per heavy atom. The summed E-state index contributed by atoms with van der Waals surface area (Å²) >= 11 is 6.00. The largest absolute Gasteiger partial charge is 0.481 e. The van der Waals surface area contributed by atoms with E-state index in [1.54, 1.807) is 30.0 Å². The number of carbonyl (C=O) groups excluding carboxylic acids is 1. The fourth-order valence-electron chi connectivity index (χ4n) is 2.98. The number of halogens is 2. The zero-order valence-electron chi connectivity index (χ0n) is 16.1. The first-order valence-corrected chi connectivity index (χ1v) is 9.64. The standard InChI is InChI=1S/C21H21ClFN3O3/c1-3-10-26(21(28)13(2)29-16-7-5-15(23)6-8-16)12-19-24-18-11-14(22)4-9-17(18)20(27)25-19/h4-9,11,13H,3,10,12H2,1-2H3,(H,24,25,27). The molecule has 0 radical (unpaired) electrons. The van der Waals surface area contributed by atoms with Crippen LogP contribution in [0.4, 0.5) is 4.39 Å². The molecule has 0 aliphatic rings. The average molecular weight is 418 g/mol. The zero-order chi connectivity index (χ0) is 21.0. The van der Waals surface area contributed by atoms with Gasteiger partial charge in [-0.25, -0.2) is 9.37 Å². The van der Waals surface area contributed by atoms with Crippen LogP contribution in [0.5, 0.6) is 5.75 Å². The minimum Gasteiger partial charge on any atom is -0.481 e. The molecule has 1 amide bonds. The quantitative estimate of drug-likeness (QED) is 0.632. The summed E-state index contributed by atoms with van der Waals surface area (Å²) in [6.45, 7) is 4.17. The van der Waals surface area contributed by atoms with Crippen LogP contribution in [-0.2, 0) is 11.3 Å². The first-order chi connectivity index (χ1) is 13.9. The van der Waals surface area contributed by atoms with E-state index >= 15 is 0 Å². The van der Waals surface area contributed by atoms with Gasteiger partial charge in [-0.2, -0.15) is 0 Å². The van der Waals surface area contributed by atoms with Crippen LogP contribution in [0.25, 0.3) is 10.9 Å². The molecule has 2 aromatic carbocycles. The van der Waals surface area contributed by atoms with E-state index in [0.29, 0.717) is 34.0 Å². The molecule has 6 nitrogen and oxygen atoms in total. The number of H-pyrrole nitrogens is 1. The Balaban J connectivity index is 1.80. The van der Waals surface area contributed by atoms with Crippen molar-refractivity contribution < 1.29 is 13.9 Å². The Morgan fingerprint density at radius 3 is 2.69 bits per heavy atom. The molecule has 152 valence electrons. The third kappa shape index (κ3) is 5.12. The lowest BCUT2D eigenvalue weighted by molar-refractivity contribution is -0.138. The van der Waals surface area contributed by atoms with Crippen LogP contribution >= 0.6 is 11.6 Å². The molecule has 3 rings (SSSR count). The Labute approximate surface area is 172 Å². The molecule has 1 heterocycles. The van der Waals surface area contributed by atoms with Crippen LogP contribution in [0.1, 0.15) is 26.1 Å². The smallest absolute Gasteiger partial charge is 0.263 e. The summed E-state index contributed by atoms with van der Waals surface area (Å²) in [5, 5.41) is 0.906. The highest BCUT2D eigenvalue weighted by atomic mass is 35.5. The summed E-state index contributed by atoms with van der Waals surface area (Å²) in [7, 11) is 0. The van der Waals surface area contributed by atoms with Gasteiger partial charge in [-0.05, 0) is 55.8 Å². The zero-order valence-corrected chi connectivity index (χ0v) is 16.9. The van der Waals surface area contributed by atoms with E-state index in [4.69, 9.17) is 16.3 Å². The maximum Gasteiger partial charge on any atom is 0.263 e. The predicted octanol–water partition coefficient (Wildman–Crippen LogP) is 3.92. The van der Waals surface area contributed by atoms with Crippen molar-refractivity contribution in [3.8, 4) is 5.75 Å². The van der Waals surface area contributed by atoms with Crippen molar-refractivity contribution in [2.24, 2.45) is 0 Å². The lowest BCUT2D eigenvalue weighted by atomic mass is 10.2. The molecular formula is C21H21ClFN3O3. The van der Waals surface area contributed by atoms with Gasteiger partial charge >= 0.3 is 0 Å². The van der Waals surface area contributed by atoms with Gasteiger partial charge in [0.1, 0.15) is 17.4 Å². The van der Waals surface area contributed by atoms with Gasteiger partial charge in [-0.15, -0.1) is 0 Å². The van der Waals surface area contributed by atoms with E-state index < -0.39 is 6.10 Å². The molecule has 1 aromatic heterocycles. The van der Waals surface area contributed by atoms with Crippen molar-refractivity contribution in [1.29, 1.82) is 0 Å². The van der Waals surface area contributed by atoms with Gasteiger partial charge in [0.25, 0.3) is 11.5 Å². The van der Waals surface area contributed by atoms with Crippen molar-refractivity contribution in [3.63, 3.8) is 0 Å². The molecule has 1 atom stereocenters. The van der Waals surface area contributed by atoms with Crippen LogP contribution < -0.4 is 10.3 Å². The van der Waals surface area contributed by atoms with Gasteiger partial charge in [0.05, 0.1) is 17.4 Å². The number of amides is 1. The fourth-order valence-corrected chi connectivity index (χ4v) is 3.14. The number of ether oxygens (including phenoxy) is 1. The van der Waals surface area contributed by atoms with Crippen molar-refractivity contribution in [3.05, 3.63) is 69.5 Å². The van der Waals surface area contributed by atoms with E-state index in [0.717, 1.165) is 6.42 Å². The molecule has 1 unspecified atom stereocenters. The number of rotatable bonds is 7. The Morgan fingerprint density at radius 1 is 1.28 bits per heavy atom. The summed E-state index contributed by atoms with van der Waals surface area (Å²) in [5.41, 5.74) is 0.178. The van der Waals surface area contributed by atoms with Gasteiger partial charge in [-0.3, -0.25) is 9.59 Å². The molecule has 0 bridgehead atoms. The number of nitrogens with one attached hydrogen (secondary N) is 1. The number of fused-ring (bicyclic) bond motifs is 1. The van der Waals surface area contributed by atoms with Gasteiger partial charge in [0.15, 0.2) is 6.10 Å². The van der Waals surface area contributed by atoms with Crippen LogP contribution in [0.15, 0.2) is 47.3 Å². The molecule has 0 fully saturated rings. The number of hydrogen-bond acceptors (Lipinski definition) is 4. The molecular weight excluding hydrogens is 397 g/mol. The summed E-state index contributed by atoms with van der Waals surface area (Å²) in [6.07, 6.45) is -0.0628. The van der Waals surface area contributed by atoms with Crippen LogP contribution in [-0.4, -0.2) is 33.4 Å². The number of benzene rings is 2. The van der Waals surface area contributed by atoms with E-state index in [2.05, 4.69) is 9.97 Å². The molecule has 0 saturated carbocycles. The minimum atomic E-state index is -0.784. The third-order valence-corrected chi connectivity index (χ3v) is 4.57. The molecule has 0 saturated heterocycles. The van der Waals surface area contributed by atoms with Gasteiger partial charge in [0, 0.05) is 11.6 Å². The second kappa shape index (κ2) is 9.05. The highest BCUT2D eigenvalue weighted by Crippen LogP contribution is 2.17. The van der Waals surface area contributed by atoms with Gasteiger partial charge in [0.2, 0.25) is 0 Å². The van der Waals surface area contributed by atoms with Crippen LogP contribution in [0.3, 0.4) is 0 Å². The van der Waals surface area contributed by atoms with Crippen molar-refractivity contribution >= 4 is 28.4 Å². The minimum absolute atomic E-state index is 0.126. The topological polar surface area (TPSA) is 75.3 Å². The summed E-state index contributed by atoms with van der Waals surface area (Å²) in [5.74, 6) is 0.122. The SMILES string of the molecule is CCCN(Cc1nc2cc(Cl)ccc2c(=O)[nH]1)C(=O)C(C)Oc1ccc(F)cc1. The Hall–Kier alpha value is -2.93. The first-order valence-electron chi connectivity index (χ1n) is 9.27. The predicted molar refractivity (Wildman–Crippen MR) is 110 cm³/mol. The summed E-state index contributed by atoms with van der Waals surface area (Å²) in [4.78, 5) is 34.0. The van der Waals surface area contributed by atoms with E-state index in [-0.39, 0.29) is 23.8 Å².